The highest BCUT2D eigenvalue weighted by molar-refractivity contribution is 6.02. The van der Waals surface area contributed by atoms with E-state index in [9.17, 15) is 23.2 Å². The van der Waals surface area contributed by atoms with E-state index in [1.165, 1.54) is 40.0 Å². The van der Waals surface area contributed by atoms with Crippen molar-refractivity contribution in [3.05, 3.63) is 41.7 Å². The summed E-state index contributed by atoms with van der Waals surface area (Å²) in [5.74, 6) is -0.416. The van der Waals surface area contributed by atoms with E-state index in [4.69, 9.17) is 4.74 Å². The van der Waals surface area contributed by atoms with Gasteiger partial charge in [0.05, 0.1) is 18.7 Å². The van der Waals surface area contributed by atoms with Crippen molar-refractivity contribution in [2.75, 3.05) is 27.3 Å². The van der Waals surface area contributed by atoms with E-state index >= 15 is 0 Å². The van der Waals surface area contributed by atoms with Crippen molar-refractivity contribution in [3.8, 4) is 28.3 Å². The van der Waals surface area contributed by atoms with E-state index < -0.39 is 17.8 Å². The molecule has 10 nitrogen and oxygen atoms in total. The van der Waals surface area contributed by atoms with Gasteiger partial charge in [0.15, 0.2) is 11.4 Å². The Kier molecular flexibility index (Phi) is 5.76. The number of aryl methyl sites for hydroxylation is 1. The number of nitrogens with zero attached hydrogens (tertiary/aromatic N) is 7. The number of aromatic amines is 1. The number of hydrogen-bond acceptors (Lipinski definition) is 6. The number of H-pyrrole nitrogens is 1. The monoisotopic (exact) mass is 498 g/mol. The van der Waals surface area contributed by atoms with Gasteiger partial charge in [-0.05, 0) is 12.5 Å². The average molecular weight is 498 g/mol. The van der Waals surface area contributed by atoms with Gasteiger partial charge in [0, 0.05) is 67.9 Å². The lowest BCUT2D eigenvalue weighted by Crippen LogP contribution is -2.29. The largest absolute Gasteiger partial charge is 0.435 e. The van der Waals surface area contributed by atoms with Gasteiger partial charge in [0.1, 0.15) is 17.4 Å². The topological polar surface area (TPSA) is 118 Å². The second kappa shape index (κ2) is 8.80. The Hall–Kier alpha value is -4.18. The molecule has 1 aliphatic rings. The van der Waals surface area contributed by atoms with Crippen molar-refractivity contribution in [2.24, 2.45) is 0 Å². The third-order valence-corrected chi connectivity index (χ3v) is 6.14. The second-order valence-corrected chi connectivity index (χ2v) is 8.45. The molecule has 5 rings (SSSR count). The molecular formula is C23H21F3N8O2. The third-order valence-electron chi connectivity index (χ3n) is 6.14. The standard InChI is InChI=1S/C23H21F3N8O2/c1-32-4-3-5-33-12-16(20(31-33)23(24,25)26)15-11-29-21-14(15)8-13(10-28-21)18-17(9-27)34(6-7-36-2)30-19(18)22(32)35/h8,10-12H,3-7H2,1-2H3,(H,28,29). The lowest BCUT2D eigenvalue weighted by molar-refractivity contribution is -0.141. The van der Waals surface area contributed by atoms with Crippen LogP contribution in [0.5, 0.6) is 0 Å². The maximum absolute atomic E-state index is 13.9. The number of carbonyl (C=O) groups is 1. The van der Waals surface area contributed by atoms with Crippen LogP contribution >= 0.6 is 0 Å². The number of rotatable bonds is 3. The molecule has 4 bridgehead atoms. The van der Waals surface area contributed by atoms with E-state index in [1.807, 2.05) is 0 Å². The first kappa shape index (κ1) is 23.6. The number of aromatic nitrogens is 6. The van der Waals surface area contributed by atoms with Gasteiger partial charge in [0.2, 0.25) is 0 Å². The summed E-state index contributed by atoms with van der Waals surface area (Å²) in [4.78, 5) is 22.1. The molecule has 1 N–H and O–H groups in total. The molecule has 0 saturated carbocycles. The third kappa shape index (κ3) is 3.89. The summed E-state index contributed by atoms with van der Waals surface area (Å²) < 4.78 is 49.5. The van der Waals surface area contributed by atoms with Gasteiger partial charge in [-0.2, -0.15) is 28.6 Å². The number of carbonyl (C=O) groups excluding carboxylic acids is 1. The number of alkyl halides is 3. The first-order valence-corrected chi connectivity index (χ1v) is 11.1. The van der Waals surface area contributed by atoms with Gasteiger partial charge in [-0.1, -0.05) is 0 Å². The number of fused-ring (bicyclic) bond motifs is 6. The molecule has 13 heteroatoms. The van der Waals surface area contributed by atoms with Crippen molar-refractivity contribution in [1.29, 1.82) is 5.26 Å². The predicted molar refractivity (Wildman–Crippen MR) is 122 cm³/mol. The smallest absolute Gasteiger partial charge is 0.383 e. The fraction of sp³-hybridized carbons (Fsp3) is 0.348. The van der Waals surface area contributed by atoms with Crippen LogP contribution in [0.4, 0.5) is 13.2 Å². The van der Waals surface area contributed by atoms with Gasteiger partial charge in [-0.15, -0.1) is 0 Å². The molecule has 0 saturated heterocycles. The minimum Gasteiger partial charge on any atom is -0.383 e. The number of ether oxygens (including phenoxy) is 1. The number of amides is 1. The lowest BCUT2D eigenvalue weighted by Gasteiger charge is -2.17. The number of hydrogen-bond donors (Lipinski definition) is 1. The fourth-order valence-electron chi connectivity index (χ4n) is 4.40. The first-order valence-electron chi connectivity index (χ1n) is 11.1. The van der Waals surface area contributed by atoms with E-state index in [-0.39, 0.29) is 54.3 Å². The number of pyridine rings is 1. The zero-order chi connectivity index (χ0) is 25.6. The first-order chi connectivity index (χ1) is 17.2. The normalized spacial score (nSPS) is 14.2. The Morgan fingerprint density at radius 2 is 2.06 bits per heavy atom. The van der Waals surface area contributed by atoms with Crippen LogP contribution in [-0.4, -0.2) is 67.6 Å². The van der Waals surface area contributed by atoms with E-state index in [0.29, 0.717) is 23.0 Å². The van der Waals surface area contributed by atoms with Gasteiger partial charge in [-0.3, -0.25) is 14.2 Å². The van der Waals surface area contributed by atoms with Gasteiger partial charge < -0.3 is 14.6 Å². The summed E-state index contributed by atoms with van der Waals surface area (Å²) in [5, 5.41) is 18.6. The zero-order valence-electron chi connectivity index (χ0n) is 19.4. The van der Waals surface area contributed by atoms with Crippen LogP contribution in [0.2, 0.25) is 0 Å². The molecule has 0 atom stereocenters. The van der Waals surface area contributed by atoms with E-state index in [0.717, 1.165) is 0 Å². The molecule has 0 aliphatic carbocycles. The van der Waals surface area contributed by atoms with Crippen molar-refractivity contribution in [3.63, 3.8) is 0 Å². The fourth-order valence-corrected chi connectivity index (χ4v) is 4.40. The Morgan fingerprint density at radius 3 is 2.78 bits per heavy atom. The molecule has 0 unspecified atom stereocenters. The molecule has 0 fully saturated rings. The predicted octanol–water partition coefficient (Wildman–Crippen LogP) is 3.30. The minimum atomic E-state index is -4.67. The minimum absolute atomic E-state index is 0.0650. The van der Waals surface area contributed by atoms with Crippen LogP contribution in [0.25, 0.3) is 33.3 Å². The molecule has 186 valence electrons. The second-order valence-electron chi connectivity index (χ2n) is 8.45. The average Bonchev–Trinajstić information content (AvgIpc) is 3.55. The van der Waals surface area contributed by atoms with Crippen LogP contribution in [-0.2, 0) is 24.0 Å². The molecule has 1 amide bonds. The van der Waals surface area contributed by atoms with Crippen molar-refractivity contribution in [2.45, 2.75) is 25.7 Å². The van der Waals surface area contributed by atoms with Gasteiger partial charge >= 0.3 is 6.18 Å². The number of nitriles is 1. The molecule has 0 spiro atoms. The van der Waals surface area contributed by atoms with Crippen LogP contribution < -0.4 is 0 Å². The summed E-state index contributed by atoms with van der Waals surface area (Å²) in [6.07, 6.45) is -0.0180. The molecule has 4 aromatic rings. The molecule has 0 aromatic carbocycles. The van der Waals surface area contributed by atoms with Crippen molar-refractivity contribution < 1.29 is 22.7 Å². The maximum Gasteiger partial charge on any atom is 0.435 e. The number of methoxy groups -OCH3 is 1. The summed E-state index contributed by atoms with van der Waals surface area (Å²) in [6, 6.07) is 3.73. The summed E-state index contributed by atoms with van der Waals surface area (Å²) >= 11 is 0. The summed E-state index contributed by atoms with van der Waals surface area (Å²) in [7, 11) is 3.10. The highest BCUT2D eigenvalue weighted by atomic mass is 19.4. The highest BCUT2D eigenvalue weighted by Gasteiger charge is 2.38. The van der Waals surface area contributed by atoms with Gasteiger partial charge in [0.25, 0.3) is 5.91 Å². The molecule has 1 aliphatic heterocycles. The maximum atomic E-state index is 13.9. The molecule has 36 heavy (non-hydrogen) atoms. The van der Waals surface area contributed by atoms with Crippen molar-refractivity contribution in [1.82, 2.24) is 34.4 Å². The number of halogens is 3. The lowest BCUT2D eigenvalue weighted by atomic mass is 10.0. The van der Waals surface area contributed by atoms with Crippen LogP contribution in [0.15, 0.2) is 24.7 Å². The van der Waals surface area contributed by atoms with Gasteiger partial charge in [-0.25, -0.2) is 4.98 Å². The molecule has 4 aromatic heterocycles. The summed E-state index contributed by atoms with van der Waals surface area (Å²) in [6.45, 7) is 0.920. The van der Waals surface area contributed by atoms with Crippen molar-refractivity contribution >= 4 is 16.9 Å². The van der Waals surface area contributed by atoms with E-state index in [1.54, 1.807) is 13.1 Å². The van der Waals surface area contributed by atoms with Crippen LogP contribution in [0.3, 0.4) is 0 Å². The quantitative estimate of drug-likeness (QED) is 0.463. The van der Waals surface area contributed by atoms with Crippen LogP contribution in [0, 0.1) is 11.3 Å². The van der Waals surface area contributed by atoms with E-state index in [2.05, 4.69) is 26.2 Å². The highest BCUT2D eigenvalue weighted by Crippen LogP contribution is 2.40. The summed E-state index contributed by atoms with van der Waals surface area (Å²) in [5.41, 5.74) is 0.411. The Morgan fingerprint density at radius 1 is 1.25 bits per heavy atom. The molecular weight excluding hydrogens is 477 g/mol. The Labute approximate surface area is 202 Å². The number of nitrogens with one attached hydrogen (secondary N) is 1. The Balaban J connectivity index is 1.80. The SMILES string of the molecule is COCCn1nc2c(c1C#N)-c1cnc3[nH]cc(c3c1)-c1cn(nc1C(F)(F)F)CCCN(C)C2=O. The molecule has 0 radical (unpaired) electrons. The molecule has 5 heterocycles. The Bertz CT molecular complexity index is 1510. The zero-order valence-corrected chi connectivity index (χ0v) is 19.4. The van der Waals surface area contributed by atoms with Crippen LogP contribution in [0.1, 0.15) is 28.3 Å².